The van der Waals surface area contributed by atoms with Crippen molar-refractivity contribution in [3.05, 3.63) is 35.9 Å². The fraction of sp³-hybridized carbons (Fsp3) is 0.471. The summed E-state index contributed by atoms with van der Waals surface area (Å²) in [7, 11) is 1.26. The van der Waals surface area contributed by atoms with Crippen molar-refractivity contribution < 1.29 is 28.6 Å². The highest BCUT2D eigenvalue weighted by Gasteiger charge is 2.70. The molecule has 0 radical (unpaired) electrons. The van der Waals surface area contributed by atoms with E-state index in [9.17, 15) is 14.4 Å². The quantitative estimate of drug-likeness (QED) is 0.427. The summed E-state index contributed by atoms with van der Waals surface area (Å²) in [6.07, 6.45) is -1.18. The van der Waals surface area contributed by atoms with Crippen LogP contribution in [-0.2, 0) is 30.4 Å². The molecule has 0 N–H and O–H groups in total. The average Bonchev–Trinajstić information content (AvgIpc) is 3.11. The summed E-state index contributed by atoms with van der Waals surface area (Å²) in [5.74, 6) is -1.36. The summed E-state index contributed by atoms with van der Waals surface area (Å²) in [6, 6.07) is 7.94. The van der Waals surface area contributed by atoms with Crippen LogP contribution in [0.4, 0.5) is 4.79 Å². The first kappa shape index (κ1) is 17.7. The normalized spacial score (nSPS) is 29.6. The van der Waals surface area contributed by atoms with E-state index in [0.717, 1.165) is 5.56 Å². The van der Waals surface area contributed by atoms with Crippen LogP contribution in [0.3, 0.4) is 0 Å². The van der Waals surface area contributed by atoms with Crippen molar-refractivity contribution in [2.24, 2.45) is 5.92 Å². The van der Waals surface area contributed by atoms with E-state index in [-0.39, 0.29) is 17.4 Å². The molecule has 134 valence electrons. The van der Waals surface area contributed by atoms with Crippen molar-refractivity contribution >= 4 is 34.0 Å². The van der Waals surface area contributed by atoms with Gasteiger partial charge in [0.25, 0.3) is 0 Å². The molecule has 3 aliphatic rings. The van der Waals surface area contributed by atoms with E-state index in [1.165, 1.54) is 18.9 Å². The van der Waals surface area contributed by atoms with Gasteiger partial charge >= 0.3 is 18.0 Å². The number of amides is 1. The van der Waals surface area contributed by atoms with Gasteiger partial charge in [0, 0.05) is 17.7 Å². The van der Waals surface area contributed by atoms with Gasteiger partial charge in [-0.25, -0.2) is 9.59 Å². The minimum absolute atomic E-state index is 0.0899. The third kappa shape index (κ3) is 3.10. The smallest absolute Gasteiger partial charge is 0.411 e. The number of carbonyl (C=O) groups is 3. The number of benzene rings is 1. The number of nitrogens with zero attached hydrogens (tertiary/aromatic N) is 1. The van der Waals surface area contributed by atoms with Crippen molar-refractivity contribution in [2.45, 2.75) is 36.5 Å². The molecule has 1 aliphatic carbocycles. The third-order valence-corrected chi connectivity index (χ3v) is 5.71. The minimum Gasteiger partial charge on any atom is -0.467 e. The fourth-order valence-electron chi connectivity index (χ4n) is 3.47. The van der Waals surface area contributed by atoms with Crippen LogP contribution in [-0.4, -0.2) is 53.1 Å². The maximum Gasteiger partial charge on any atom is 0.411 e. The molecule has 3 fully saturated rings. The lowest BCUT2D eigenvalue weighted by molar-refractivity contribution is -0.155. The zero-order valence-electron chi connectivity index (χ0n) is 13.8. The molecule has 2 bridgehead atoms. The van der Waals surface area contributed by atoms with Crippen LogP contribution in [0.25, 0.3) is 0 Å². The molecule has 0 aromatic heterocycles. The fourth-order valence-corrected chi connectivity index (χ4v) is 4.61. The van der Waals surface area contributed by atoms with E-state index in [2.05, 4.69) is 15.9 Å². The van der Waals surface area contributed by atoms with Gasteiger partial charge < -0.3 is 14.2 Å². The minimum atomic E-state index is -0.841. The molecule has 2 aliphatic heterocycles. The molecule has 2 heterocycles. The molecule has 2 saturated heterocycles. The van der Waals surface area contributed by atoms with E-state index < -0.39 is 36.2 Å². The second-order valence-electron chi connectivity index (χ2n) is 6.00. The maximum atomic E-state index is 12.6. The Hall–Kier alpha value is -2.09. The number of alkyl halides is 1. The molecule has 5 atom stereocenters. The summed E-state index contributed by atoms with van der Waals surface area (Å²) >= 11 is 3.48. The zero-order chi connectivity index (χ0) is 18.1. The lowest BCUT2D eigenvalue weighted by Gasteiger charge is -2.39. The number of rotatable bonds is 4. The van der Waals surface area contributed by atoms with Gasteiger partial charge in [-0.1, -0.05) is 46.3 Å². The Bertz CT molecular complexity index is 681. The first-order valence-electron chi connectivity index (χ1n) is 7.84. The molecule has 1 saturated carbocycles. The predicted molar refractivity (Wildman–Crippen MR) is 89.8 cm³/mol. The molecule has 0 unspecified atom stereocenters. The predicted octanol–water partition coefficient (Wildman–Crippen LogP) is 1.87. The number of hydrogen-bond donors (Lipinski definition) is 0. The van der Waals surface area contributed by atoms with E-state index in [1.54, 1.807) is 0 Å². The molecular weight excluding hydrogens is 394 g/mol. The Kier molecular flexibility index (Phi) is 4.99. The largest absolute Gasteiger partial charge is 0.467 e. The number of fused-ring (bicyclic) bond motifs is 1. The van der Waals surface area contributed by atoms with Crippen LogP contribution in [0.2, 0.25) is 0 Å². The number of halogens is 1. The van der Waals surface area contributed by atoms with Gasteiger partial charge in [0.2, 0.25) is 0 Å². The highest BCUT2D eigenvalue weighted by Crippen LogP contribution is 2.52. The summed E-state index contributed by atoms with van der Waals surface area (Å²) in [6.45, 7) is 1.39. The number of ether oxygens (including phenoxy) is 3. The van der Waals surface area contributed by atoms with E-state index >= 15 is 0 Å². The van der Waals surface area contributed by atoms with Crippen LogP contribution in [0.5, 0.6) is 0 Å². The monoisotopic (exact) mass is 411 g/mol. The van der Waals surface area contributed by atoms with Crippen LogP contribution in [0, 0.1) is 5.92 Å². The van der Waals surface area contributed by atoms with Crippen molar-refractivity contribution in [1.29, 1.82) is 0 Å². The standard InChI is InChI=1S/C17H18BrNO6/c1-9(20)25-15-11-12(18)14(15)19(13(11)16(21)23-2)17(22)24-8-10-6-4-3-5-7-10/h3-7,11-15H,8H2,1-2H3/t11-,12+,13-,14-,15-/m1/s1. The second kappa shape index (κ2) is 7.03. The Morgan fingerprint density at radius 1 is 1.20 bits per heavy atom. The number of hydrogen-bond acceptors (Lipinski definition) is 6. The van der Waals surface area contributed by atoms with Crippen molar-refractivity contribution in [1.82, 2.24) is 4.90 Å². The molecular formula is C17H18BrNO6. The zero-order valence-corrected chi connectivity index (χ0v) is 15.3. The lowest BCUT2D eigenvalue weighted by atomic mass is 9.79. The lowest BCUT2D eigenvalue weighted by Crippen LogP contribution is -2.56. The second-order valence-corrected chi connectivity index (χ2v) is 7.06. The van der Waals surface area contributed by atoms with E-state index in [1.807, 2.05) is 30.3 Å². The number of carbonyl (C=O) groups excluding carboxylic acids is 3. The van der Waals surface area contributed by atoms with Gasteiger partial charge in [-0.3, -0.25) is 9.69 Å². The van der Waals surface area contributed by atoms with Gasteiger partial charge in [0.1, 0.15) is 18.8 Å². The first-order chi connectivity index (χ1) is 12.0. The topological polar surface area (TPSA) is 82.1 Å². The first-order valence-corrected chi connectivity index (χ1v) is 8.75. The summed E-state index contributed by atoms with van der Waals surface area (Å²) in [4.78, 5) is 37.3. The average molecular weight is 412 g/mol. The SMILES string of the molecule is COC(=O)[C@H]1[C@H]2[C@H](Br)[C@H]([C@@H]2OC(C)=O)N1C(=O)OCc1ccccc1. The van der Waals surface area contributed by atoms with Gasteiger partial charge in [-0.2, -0.15) is 0 Å². The molecule has 8 heteroatoms. The Morgan fingerprint density at radius 2 is 1.88 bits per heavy atom. The highest BCUT2D eigenvalue weighted by atomic mass is 79.9. The Labute approximate surface area is 153 Å². The highest BCUT2D eigenvalue weighted by molar-refractivity contribution is 9.09. The van der Waals surface area contributed by atoms with Crippen LogP contribution in [0.1, 0.15) is 12.5 Å². The van der Waals surface area contributed by atoms with Gasteiger partial charge in [0.15, 0.2) is 0 Å². The molecule has 1 amide bonds. The van der Waals surface area contributed by atoms with Crippen molar-refractivity contribution in [2.75, 3.05) is 7.11 Å². The summed E-state index contributed by atoms with van der Waals surface area (Å²) in [5.41, 5.74) is 0.837. The molecule has 4 rings (SSSR count). The molecule has 25 heavy (non-hydrogen) atoms. The van der Waals surface area contributed by atoms with Gasteiger partial charge in [-0.05, 0) is 5.56 Å². The van der Waals surface area contributed by atoms with Gasteiger partial charge in [-0.15, -0.1) is 0 Å². The molecule has 1 aromatic carbocycles. The molecule has 7 nitrogen and oxygen atoms in total. The molecule has 1 aromatic rings. The Balaban J connectivity index is 1.76. The van der Waals surface area contributed by atoms with Crippen LogP contribution < -0.4 is 0 Å². The van der Waals surface area contributed by atoms with Gasteiger partial charge in [0.05, 0.1) is 13.2 Å². The molecule has 0 spiro atoms. The van der Waals surface area contributed by atoms with Crippen molar-refractivity contribution in [3.63, 3.8) is 0 Å². The third-order valence-electron chi connectivity index (χ3n) is 4.56. The van der Waals surface area contributed by atoms with E-state index in [4.69, 9.17) is 14.2 Å². The van der Waals surface area contributed by atoms with Crippen LogP contribution in [0.15, 0.2) is 30.3 Å². The van der Waals surface area contributed by atoms with E-state index in [0.29, 0.717) is 0 Å². The summed E-state index contributed by atoms with van der Waals surface area (Å²) < 4.78 is 15.5. The van der Waals surface area contributed by atoms with Crippen molar-refractivity contribution in [3.8, 4) is 0 Å². The summed E-state index contributed by atoms with van der Waals surface area (Å²) in [5, 5.41) is 0. The van der Waals surface area contributed by atoms with Crippen LogP contribution >= 0.6 is 15.9 Å². The Morgan fingerprint density at radius 3 is 2.48 bits per heavy atom. The number of esters is 2. The maximum absolute atomic E-state index is 12.6. The number of methoxy groups -OCH3 is 1.